The molecule has 1 aliphatic heterocycles. The molecule has 2 N–H and O–H groups in total. The predicted octanol–water partition coefficient (Wildman–Crippen LogP) is 2.60. The van der Waals surface area contributed by atoms with Gasteiger partial charge in [-0.15, -0.1) is 0 Å². The van der Waals surface area contributed by atoms with Gasteiger partial charge in [-0.3, -0.25) is 4.90 Å². The Kier molecular flexibility index (Phi) is 4.78. The van der Waals surface area contributed by atoms with Gasteiger partial charge in [0.15, 0.2) is 0 Å². The molecular formula is C14H22N2OS. The Bertz CT molecular complexity index is 397. The lowest BCUT2D eigenvalue weighted by atomic mass is 10.1. The molecule has 2 rings (SSSR count). The minimum absolute atomic E-state index is 0.730. The van der Waals surface area contributed by atoms with Crippen LogP contribution in [0.2, 0.25) is 0 Å². The van der Waals surface area contributed by atoms with Crippen molar-refractivity contribution in [2.24, 2.45) is 0 Å². The summed E-state index contributed by atoms with van der Waals surface area (Å²) in [6.07, 6.45) is 1.26. The summed E-state index contributed by atoms with van der Waals surface area (Å²) in [5.74, 6) is 2.00. The number of nitrogen functional groups attached to an aromatic ring is 1. The first-order valence-electron chi connectivity index (χ1n) is 6.49. The van der Waals surface area contributed by atoms with Crippen LogP contribution in [-0.4, -0.2) is 36.1 Å². The van der Waals surface area contributed by atoms with Crippen molar-refractivity contribution in [3.8, 4) is 5.75 Å². The molecule has 0 aliphatic carbocycles. The molecule has 4 heteroatoms. The lowest BCUT2D eigenvalue weighted by Crippen LogP contribution is -2.37. The number of anilines is 1. The highest BCUT2D eigenvalue weighted by Crippen LogP contribution is 2.25. The second-order valence-corrected chi connectivity index (χ2v) is 6.12. The van der Waals surface area contributed by atoms with Crippen LogP contribution in [0.3, 0.4) is 0 Å². The fourth-order valence-electron chi connectivity index (χ4n) is 2.31. The molecule has 3 nitrogen and oxygen atoms in total. The zero-order valence-electron chi connectivity index (χ0n) is 11.2. The first-order chi connectivity index (χ1) is 8.72. The van der Waals surface area contributed by atoms with Crippen LogP contribution >= 0.6 is 11.8 Å². The van der Waals surface area contributed by atoms with Gasteiger partial charge < -0.3 is 10.5 Å². The first kappa shape index (κ1) is 13.6. The lowest BCUT2D eigenvalue weighted by molar-refractivity contribution is 0.273. The van der Waals surface area contributed by atoms with Gasteiger partial charge in [0, 0.05) is 30.6 Å². The van der Waals surface area contributed by atoms with Crippen LogP contribution in [-0.2, 0) is 6.54 Å². The van der Waals surface area contributed by atoms with Crippen molar-refractivity contribution in [1.82, 2.24) is 4.90 Å². The summed E-state index contributed by atoms with van der Waals surface area (Å²) in [6, 6.07) is 6.10. The molecule has 0 radical (unpaired) electrons. The molecule has 0 saturated carbocycles. The maximum Gasteiger partial charge on any atom is 0.141 e. The van der Waals surface area contributed by atoms with Gasteiger partial charge in [0.25, 0.3) is 0 Å². The van der Waals surface area contributed by atoms with E-state index in [0.717, 1.165) is 23.2 Å². The average molecular weight is 266 g/mol. The summed E-state index contributed by atoms with van der Waals surface area (Å²) < 4.78 is 5.18. The molecule has 0 aromatic heterocycles. The zero-order chi connectivity index (χ0) is 13.0. The van der Waals surface area contributed by atoms with Crippen LogP contribution in [0, 0.1) is 0 Å². The SMILES string of the molecule is CCC1CN(Cc2ccc(OC)c(N)c2)CCS1. The molecule has 1 aromatic carbocycles. The van der Waals surface area contributed by atoms with Crippen molar-refractivity contribution in [2.75, 3.05) is 31.7 Å². The summed E-state index contributed by atoms with van der Waals surface area (Å²) in [5, 5.41) is 0.786. The standard InChI is InChI=1S/C14H22N2OS/c1-3-12-10-16(6-7-18-12)9-11-4-5-14(17-2)13(15)8-11/h4-5,8,12H,3,6-7,9-10,15H2,1-2H3. The molecule has 1 unspecified atom stereocenters. The van der Waals surface area contributed by atoms with Crippen LogP contribution in [0.4, 0.5) is 5.69 Å². The maximum absolute atomic E-state index is 5.94. The van der Waals surface area contributed by atoms with Gasteiger partial charge in [-0.1, -0.05) is 13.0 Å². The molecule has 1 atom stereocenters. The highest BCUT2D eigenvalue weighted by molar-refractivity contribution is 8.00. The monoisotopic (exact) mass is 266 g/mol. The molecule has 100 valence electrons. The number of thioether (sulfide) groups is 1. The van der Waals surface area contributed by atoms with Crippen molar-refractivity contribution in [3.63, 3.8) is 0 Å². The van der Waals surface area contributed by atoms with Gasteiger partial charge in [0.05, 0.1) is 12.8 Å². The largest absolute Gasteiger partial charge is 0.495 e. The van der Waals surface area contributed by atoms with E-state index in [0.29, 0.717) is 0 Å². The third kappa shape index (κ3) is 3.33. The Morgan fingerprint density at radius 3 is 3.00 bits per heavy atom. The van der Waals surface area contributed by atoms with Crippen LogP contribution in [0.1, 0.15) is 18.9 Å². The Morgan fingerprint density at radius 1 is 1.50 bits per heavy atom. The third-order valence-corrected chi connectivity index (χ3v) is 4.75. The molecule has 1 saturated heterocycles. The highest BCUT2D eigenvalue weighted by Gasteiger charge is 2.18. The molecule has 0 amide bonds. The Balaban J connectivity index is 1.98. The zero-order valence-corrected chi connectivity index (χ0v) is 12.0. The van der Waals surface area contributed by atoms with Crippen molar-refractivity contribution >= 4 is 17.4 Å². The summed E-state index contributed by atoms with van der Waals surface area (Å²) in [7, 11) is 1.65. The van der Waals surface area contributed by atoms with Gasteiger partial charge >= 0.3 is 0 Å². The number of ether oxygens (including phenoxy) is 1. The van der Waals surface area contributed by atoms with Crippen molar-refractivity contribution in [3.05, 3.63) is 23.8 Å². The van der Waals surface area contributed by atoms with E-state index in [1.54, 1.807) is 7.11 Å². The van der Waals surface area contributed by atoms with Gasteiger partial charge in [-0.2, -0.15) is 11.8 Å². The Labute approximate surface area is 114 Å². The molecule has 1 aliphatic rings. The summed E-state index contributed by atoms with van der Waals surface area (Å²) in [4.78, 5) is 2.52. The minimum Gasteiger partial charge on any atom is -0.495 e. The van der Waals surface area contributed by atoms with Crippen LogP contribution in [0.15, 0.2) is 18.2 Å². The van der Waals surface area contributed by atoms with Crippen molar-refractivity contribution < 1.29 is 4.74 Å². The van der Waals surface area contributed by atoms with Crippen LogP contribution in [0.5, 0.6) is 5.75 Å². The predicted molar refractivity (Wildman–Crippen MR) is 79.2 cm³/mol. The van der Waals surface area contributed by atoms with E-state index in [9.17, 15) is 0 Å². The van der Waals surface area contributed by atoms with Gasteiger partial charge in [-0.25, -0.2) is 0 Å². The number of benzene rings is 1. The summed E-state index contributed by atoms with van der Waals surface area (Å²) in [5.41, 5.74) is 7.95. The normalized spacial score (nSPS) is 20.9. The van der Waals surface area contributed by atoms with Crippen LogP contribution < -0.4 is 10.5 Å². The van der Waals surface area contributed by atoms with E-state index in [4.69, 9.17) is 10.5 Å². The van der Waals surface area contributed by atoms with Gasteiger partial charge in [-0.05, 0) is 24.1 Å². The topological polar surface area (TPSA) is 38.5 Å². The van der Waals surface area contributed by atoms with E-state index >= 15 is 0 Å². The van der Waals surface area contributed by atoms with E-state index in [2.05, 4.69) is 29.7 Å². The van der Waals surface area contributed by atoms with E-state index in [-0.39, 0.29) is 0 Å². The van der Waals surface area contributed by atoms with E-state index in [1.807, 2.05) is 12.1 Å². The Morgan fingerprint density at radius 2 is 2.33 bits per heavy atom. The summed E-state index contributed by atoms with van der Waals surface area (Å²) in [6.45, 7) is 5.62. The number of hydrogen-bond acceptors (Lipinski definition) is 4. The average Bonchev–Trinajstić information content (AvgIpc) is 2.39. The molecule has 18 heavy (non-hydrogen) atoms. The van der Waals surface area contributed by atoms with Gasteiger partial charge in [0.1, 0.15) is 5.75 Å². The molecule has 1 fully saturated rings. The number of nitrogens with zero attached hydrogens (tertiary/aromatic N) is 1. The second kappa shape index (κ2) is 6.34. The summed E-state index contributed by atoms with van der Waals surface area (Å²) >= 11 is 2.10. The van der Waals surface area contributed by atoms with Gasteiger partial charge in [0.2, 0.25) is 0 Å². The Hall–Kier alpha value is -0.870. The molecule has 1 heterocycles. The van der Waals surface area contributed by atoms with Crippen molar-refractivity contribution in [1.29, 1.82) is 0 Å². The van der Waals surface area contributed by atoms with Crippen LogP contribution in [0.25, 0.3) is 0 Å². The van der Waals surface area contributed by atoms with Crippen molar-refractivity contribution in [2.45, 2.75) is 25.1 Å². The quantitative estimate of drug-likeness (QED) is 0.850. The first-order valence-corrected chi connectivity index (χ1v) is 7.54. The maximum atomic E-state index is 5.94. The van der Waals surface area contributed by atoms with E-state index < -0.39 is 0 Å². The fraction of sp³-hybridized carbons (Fsp3) is 0.571. The molecule has 1 aromatic rings. The fourth-order valence-corrected chi connectivity index (χ4v) is 3.56. The molecule has 0 spiro atoms. The minimum atomic E-state index is 0.730. The number of hydrogen-bond donors (Lipinski definition) is 1. The third-order valence-electron chi connectivity index (χ3n) is 3.38. The second-order valence-electron chi connectivity index (χ2n) is 4.71. The molecule has 0 bridgehead atoms. The number of rotatable bonds is 4. The lowest BCUT2D eigenvalue weighted by Gasteiger charge is -2.31. The van der Waals surface area contributed by atoms with E-state index in [1.165, 1.54) is 30.8 Å². The smallest absolute Gasteiger partial charge is 0.141 e. The number of methoxy groups -OCH3 is 1. The molecular weight excluding hydrogens is 244 g/mol. The number of nitrogens with two attached hydrogens (primary N) is 1. The highest BCUT2D eigenvalue weighted by atomic mass is 32.2.